The van der Waals surface area contributed by atoms with Gasteiger partial charge in [-0.2, -0.15) is 0 Å². The number of methoxy groups -OCH3 is 1. The first kappa shape index (κ1) is 12.1. The molecule has 1 aliphatic heterocycles. The number of ether oxygens (including phenoxy) is 1. The molecule has 0 aliphatic carbocycles. The van der Waals surface area contributed by atoms with E-state index in [4.69, 9.17) is 4.74 Å². The highest BCUT2D eigenvalue weighted by Crippen LogP contribution is 2.28. The summed E-state index contributed by atoms with van der Waals surface area (Å²) in [5, 5.41) is 0. The Morgan fingerprint density at radius 2 is 2.14 bits per heavy atom. The molecule has 0 spiro atoms. The molecule has 106 valence electrons. The number of hydrogen-bond donors (Lipinski definition) is 1. The molecule has 0 radical (unpaired) electrons. The highest BCUT2D eigenvalue weighted by molar-refractivity contribution is 5.82. The molecule has 0 saturated heterocycles. The van der Waals surface area contributed by atoms with Crippen molar-refractivity contribution >= 4 is 17.0 Å². The van der Waals surface area contributed by atoms with Crippen LogP contribution in [-0.4, -0.2) is 33.6 Å². The van der Waals surface area contributed by atoms with Crippen LogP contribution in [0.15, 0.2) is 30.9 Å². The lowest BCUT2D eigenvalue weighted by Gasteiger charge is -2.30. The Morgan fingerprint density at radius 1 is 1.19 bits per heavy atom. The number of nitrogens with one attached hydrogen (secondary N) is 1. The van der Waals surface area contributed by atoms with E-state index in [1.165, 1.54) is 11.1 Å². The van der Waals surface area contributed by atoms with Gasteiger partial charge in [0.2, 0.25) is 0 Å². The maximum absolute atomic E-state index is 5.32. The van der Waals surface area contributed by atoms with Crippen LogP contribution in [0.3, 0.4) is 0 Å². The van der Waals surface area contributed by atoms with Gasteiger partial charge in [0.25, 0.3) is 0 Å². The van der Waals surface area contributed by atoms with E-state index in [2.05, 4.69) is 37.0 Å². The summed E-state index contributed by atoms with van der Waals surface area (Å²) in [4.78, 5) is 18.2. The SMILES string of the molecule is COc1ccc2c(c1)CN(c1ncnc3nc[nH]c13)CC2. The van der Waals surface area contributed by atoms with E-state index in [9.17, 15) is 0 Å². The average molecular weight is 281 g/mol. The van der Waals surface area contributed by atoms with Crippen LogP contribution in [0.4, 0.5) is 5.82 Å². The highest BCUT2D eigenvalue weighted by atomic mass is 16.5. The molecule has 1 aliphatic rings. The number of hydrogen-bond acceptors (Lipinski definition) is 5. The number of H-pyrrole nitrogens is 1. The number of anilines is 1. The third-order valence-electron chi connectivity index (χ3n) is 3.93. The molecule has 2 aromatic heterocycles. The van der Waals surface area contributed by atoms with Gasteiger partial charge in [0.15, 0.2) is 11.5 Å². The van der Waals surface area contributed by atoms with Crippen LogP contribution in [-0.2, 0) is 13.0 Å². The largest absolute Gasteiger partial charge is 0.497 e. The molecule has 1 N–H and O–H groups in total. The number of nitrogens with zero attached hydrogens (tertiary/aromatic N) is 4. The second-order valence-corrected chi connectivity index (χ2v) is 5.10. The van der Waals surface area contributed by atoms with Crippen LogP contribution in [0.5, 0.6) is 5.75 Å². The molecular formula is C15H15N5O. The number of benzene rings is 1. The minimum Gasteiger partial charge on any atom is -0.497 e. The van der Waals surface area contributed by atoms with Gasteiger partial charge in [-0.25, -0.2) is 15.0 Å². The van der Waals surface area contributed by atoms with E-state index < -0.39 is 0 Å². The molecule has 1 aromatic carbocycles. The summed E-state index contributed by atoms with van der Waals surface area (Å²) in [5.41, 5.74) is 4.26. The van der Waals surface area contributed by atoms with Gasteiger partial charge in [-0.15, -0.1) is 0 Å². The second-order valence-electron chi connectivity index (χ2n) is 5.10. The van der Waals surface area contributed by atoms with Crippen LogP contribution in [0.25, 0.3) is 11.2 Å². The molecule has 0 bridgehead atoms. The van der Waals surface area contributed by atoms with Crippen molar-refractivity contribution in [2.75, 3.05) is 18.6 Å². The topological polar surface area (TPSA) is 66.9 Å². The molecule has 21 heavy (non-hydrogen) atoms. The zero-order valence-electron chi connectivity index (χ0n) is 11.7. The molecular weight excluding hydrogens is 266 g/mol. The summed E-state index contributed by atoms with van der Waals surface area (Å²) < 4.78 is 5.32. The summed E-state index contributed by atoms with van der Waals surface area (Å²) in [7, 11) is 1.70. The van der Waals surface area contributed by atoms with Crippen molar-refractivity contribution in [1.82, 2.24) is 19.9 Å². The van der Waals surface area contributed by atoms with Gasteiger partial charge in [0, 0.05) is 13.1 Å². The molecule has 0 unspecified atom stereocenters. The summed E-state index contributed by atoms with van der Waals surface area (Å²) in [6, 6.07) is 6.27. The van der Waals surface area contributed by atoms with Crippen molar-refractivity contribution in [2.24, 2.45) is 0 Å². The van der Waals surface area contributed by atoms with Crippen molar-refractivity contribution in [3.8, 4) is 5.75 Å². The van der Waals surface area contributed by atoms with Crippen LogP contribution in [0.1, 0.15) is 11.1 Å². The Bertz CT molecular complexity index is 798. The predicted octanol–water partition coefficient (Wildman–Crippen LogP) is 1.92. The number of fused-ring (bicyclic) bond motifs is 2. The molecule has 3 aromatic rings. The van der Waals surface area contributed by atoms with Crippen molar-refractivity contribution in [3.05, 3.63) is 42.0 Å². The number of rotatable bonds is 2. The molecule has 6 nitrogen and oxygen atoms in total. The first-order chi connectivity index (χ1) is 10.3. The Morgan fingerprint density at radius 3 is 3.05 bits per heavy atom. The minimum absolute atomic E-state index is 0.705. The molecule has 4 rings (SSSR count). The summed E-state index contributed by atoms with van der Waals surface area (Å²) in [6.45, 7) is 1.75. The van der Waals surface area contributed by atoms with E-state index in [0.29, 0.717) is 5.65 Å². The minimum atomic E-state index is 0.705. The Labute approximate surface area is 121 Å². The van der Waals surface area contributed by atoms with Gasteiger partial charge < -0.3 is 14.6 Å². The fourth-order valence-corrected chi connectivity index (χ4v) is 2.83. The van der Waals surface area contributed by atoms with Crippen molar-refractivity contribution < 1.29 is 4.74 Å². The summed E-state index contributed by atoms with van der Waals surface area (Å²) in [5.74, 6) is 1.80. The van der Waals surface area contributed by atoms with Crippen LogP contribution < -0.4 is 9.64 Å². The monoisotopic (exact) mass is 281 g/mol. The first-order valence-corrected chi connectivity index (χ1v) is 6.90. The van der Waals surface area contributed by atoms with Crippen LogP contribution in [0.2, 0.25) is 0 Å². The molecule has 0 fully saturated rings. The lowest BCUT2D eigenvalue weighted by Crippen LogP contribution is -2.31. The van der Waals surface area contributed by atoms with E-state index in [1.807, 2.05) is 6.07 Å². The smallest absolute Gasteiger partial charge is 0.182 e. The quantitative estimate of drug-likeness (QED) is 0.777. The highest BCUT2D eigenvalue weighted by Gasteiger charge is 2.20. The van der Waals surface area contributed by atoms with Gasteiger partial charge in [0.05, 0.1) is 13.4 Å². The lowest BCUT2D eigenvalue weighted by molar-refractivity contribution is 0.413. The zero-order chi connectivity index (χ0) is 14.2. The molecule has 0 amide bonds. The normalized spacial score (nSPS) is 14.2. The van der Waals surface area contributed by atoms with Crippen molar-refractivity contribution in [3.63, 3.8) is 0 Å². The van der Waals surface area contributed by atoms with Crippen LogP contribution >= 0.6 is 0 Å². The van der Waals surface area contributed by atoms with E-state index in [-0.39, 0.29) is 0 Å². The summed E-state index contributed by atoms with van der Waals surface area (Å²) >= 11 is 0. The first-order valence-electron chi connectivity index (χ1n) is 6.90. The van der Waals surface area contributed by atoms with Gasteiger partial charge in [0.1, 0.15) is 17.6 Å². The second kappa shape index (κ2) is 4.73. The summed E-state index contributed by atoms with van der Waals surface area (Å²) in [6.07, 6.45) is 4.22. The van der Waals surface area contributed by atoms with Gasteiger partial charge in [-0.05, 0) is 29.7 Å². The lowest BCUT2D eigenvalue weighted by atomic mass is 9.99. The molecule has 0 atom stereocenters. The molecule has 3 heterocycles. The predicted molar refractivity (Wildman–Crippen MR) is 79.4 cm³/mol. The maximum Gasteiger partial charge on any atom is 0.182 e. The van der Waals surface area contributed by atoms with Gasteiger partial charge in [-0.3, -0.25) is 0 Å². The van der Waals surface area contributed by atoms with Crippen LogP contribution in [0, 0.1) is 0 Å². The average Bonchev–Trinajstić information content (AvgIpc) is 3.02. The molecule has 6 heteroatoms. The van der Waals surface area contributed by atoms with Crippen molar-refractivity contribution in [2.45, 2.75) is 13.0 Å². The standard InChI is InChI=1S/C15H15N5O/c1-21-12-3-2-10-4-5-20(7-11(10)6-12)15-13-14(17-8-16-13)18-9-19-15/h2-3,6,8-9H,4-5,7H2,1H3,(H,16,17,18,19). The van der Waals surface area contributed by atoms with Gasteiger partial charge >= 0.3 is 0 Å². The Balaban J connectivity index is 1.73. The third-order valence-corrected chi connectivity index (χ3v) is 3.93. The number of aromatic nitrogens is 4. The maximum atomic E-state index is 5.32. The van der Waals surface area contributed by atoms with E-state index in [0.717, 1.165) is 36.6 Å². The Kier molecular flexibility index (Phi) is 2.73. The zero-order valence-corrected chi connectivity index (χ0v) is 11.7. The van der Waals surface area contributed by atoms with Gasteiger partial charge in [-0.1, -0.05) is 6.07 Å². The number of aromatic amines is 1. The molecule has 0 saturated carbocycles. The van der Waals surface area contributed by atoms with Crippen molar-refractivity contribution in [1.29, 1.82) is 0 Å². The van der Waals surface area contributed by atoms with E-state index >= 15 is 0 Å². The van der Waals surface area contributed by atoms with E-state index in [1.54, 1.807) is 19.8 Å². The Hall–Kier alpha value is -2.63. The number of imidazole rings is 1. The fourth-order valence-electron chi connectivity index (χ4n) is 2.83. The third kappa shape index (κ3) is 1.99. The fraction of sp³-hybridized carbons (Fsp3) is 0.267.